The van der Waals surface area contributed by atoms with Crippen molar-refractivity contribution in [1.82, 2.24) is 15.1 Å². The second kappa shape index (κ2) is 9.80. The average Bonchev–Trinajstić information content (AvgIpc) is 3.13. The van der Waals surface area contributed by atoms with Gasteiger partial charge in [-0.05, 0) is 38.0 Å². The summed E-state index contributed by atoms with van der Waals surface area (Å²) in [5.41, 5.74) is 1.26. The van der Waals surface area contributed by atoms with Gasteiger partial charge in [0.2, 0.25) is 6.79 Å². The molecule has 1 N–H and O–H groups in total. The minimum absolute atomic E-state index is 0.294. The molecule has 1 saturated heterocycles. The Kier molecular flexibility index (Phi) is 7.18. The number of hydrogen-bond acceptors (Lipinski definition) is 5. The zero-order valence-corrected chi connectivity index (χ0v) is 16.7. The summed E-state index contributed by atoms with van der Waals surface area (Å²) in [7, 11) is 1.85. The van der Waals surface area contributed by atoms with Gasteiger partial charge < -0.3 is 24.4 Å². The lowest BCUT2D eigenvalue weighted by Crippen LogP contribution is -2.52. The molecule has 2 aliphatic heterocycles. The number of benzene rings is 1. The molecule has 2 heterocycles. The first-order valence-electron chi connectivity index (χ1n) is 9.84. The molecule has 150 valence electrons. The highest BCUT2D eigenvalue weighted by molar-refractivity contribution is 5.79. The van der Waals surface area contributed by atoms with Gasteiger partial charge >= 0.3 is 0 Å². The number of aliphatic imine (C=N–C) groups is 1. The molecule has 0 amide bonds. The predicted molar refractivity (Wildman–Crippen MR) is 106 cm³/mol. The Morgan fingerprint density at radius 1 is 1.19 bits per heavy atom. The minimum atomic E-state index is 0.294. The molecule has 0 spiro atoms. The van der Waals surface area contributed by atoms with E-state index in [-0.39, 0.29) is 0 Å². The van der Waals surface area contributed by atoms with Crippen LogP contribution in [0.4, 0.5) is 0 Å². The molecule has 1 fully saturated rings. The Morgan fingerprint density at radius 3 is 2.70 bits per heavy atom. The van der Waals surface area contributed by atoms with E-state index < -0.39 is 0 Å². The maximum absolute atomic E-state index is 5.58. The summed E-state index contributed by atoms with van der Waals surface area (Å²) in [5.74, 6) is 2.69. The second-order valence-electron chi connectivity index (χ2n) is 7.20. The molecule has 0 bridgehead atoms. The minimum Gasteiger partial charge on any atom is -0.454 e. The molecule has 2 aliphatic rings. The largest absolute Gasteiger partial charge is 0.454 e. The summed E-state index contributed by atoms with van der Waals surface area (Å²) < 4.78 is 16.4. The SMILES string of the molecule is CN=C(NCCCOC(C)C)N1CCN(Cc2ccc3c(c2)OCO3)CC1. The van der Waals surface area contributed by atoms with E-state index in [0.717, 1.165) is 69.8 Å². The van der Waals surface area contributed by atoms with E-state index in [1.165, 1.54) is 5.56 Å². The van der Waals surface area contributed by atoms with E-state index in [2.05, 4.69) is 46.1 Å². The van der Waals surface area contributed by atoms with E-state index in [1.54, 1.807) is 0 Å². The van der Waals surface area contributed by atoms with Crippen LogP contribution >= 0.6 is 0 Å². The van der Waals surface area contributed by atoms with Crippen molar-refractivity contribution in [2.24, 2.45) is 4.99 Å². The highest BCUT2D eigenvalue weighted by atomic mass is 16.7. The quantitative estimate of drug-likeness (QED) is 0.446. The lowest BCUT2D eigenvalue weighted by atomic mass is 10.1. The highest BCUT2D eigenvalue weighted by Crippen LogP contribution is 2.32. The summed E-state index contributed by atoms with van der Waals surface area (Å²) >= 11 is 0. The highest BCUT2D eigenvalue weighted by Gasteiger charge is 2.20. The van der Waals surface area contributed by atoms with Crippen LogP contribution in [0.3, 0.4) is 0 Å². The molecule has 0 aromatic heterocycles. The number of hydrogen-bond donors (Lipinski definition) is 1. The number of nitrogens with one attached hydrogen (secondary N) is 1. The van der Waals surface area contributed by atoms with Gasteiger partial charge in [-0.2, -0.15) is 0 Å². The Balaban J connectivity index is 1.39. The third-order valence-electron chi connectivity index (χ3n) is 4.78. The van der Waals surface area contributed by atoms with E-state index in [0.29, 0.717) is 12.9 Å². The first-order chi connectivity index (χ1) is 13.2. The summed E-state index contributed by atoms with van der Waals surface area (Å²) in [4.78, 5) is 9.24. The maximum Gasteiger partial charge on any atom is 0.231 e. The third kappa shape index (κ3) is 5.74. The van der Waals surface area contributed by atoms with Crippen molar-refractivity contribution >= 4 is 5.96 Å². The van der Waals surface area contributed by atoms with Crippen LogP contribution in [0.15, 0.2) is 23.2 Å². The standard InChI is InChI=1S/C20H32N4O3/c1-16(2)25-12-4-7-22-20(21-3)24-10-8-23(9-11-24)14-17-5-6-18-19(13-17)27-15-26-18/h5-6,13,16H,4,7-12,14-15H2,1-3H3,(H,21,22). The first-order valence-corrected chi connectivity index (χ1v) is 9.84. The lowest BCUT2D eigenvalue weighted by molar-refractivity contribution is 0.0775. The Labute approximate surface area is 162 Å². The van der Waals surface area contributed by atoms with Gasteiger partial charge in [-0.1, -0.05) is 6.07 Å². The van der Waals surface area contributed by atoms with E-state index >= 15 is 0 Å². The number of rotatable bonds is 7. The molecule has 27 heavy (non-hydrogen) atoms. The third-order valence-corrected chi connectivity index (χ3v) is 4.78. The molecule has 0 aliphatic carbocycles. The zero-order chi connectivity index (χ0) is 19.1. The summed E-state index contributed by atoms with van der Waals surface area (Å²) in [6.07, 6.45) is 1.28. The summed E-state index contributed by atoms with van der Waals surface area (Å²) in [5, 5.41) is 3.45. The van der Waals surface area contributed by atoms with Crippen molar-refractivity contribution in [3.05, 3.63) is 23.8 Å². The van der Waals surface area contributed by atoms with Crippen molar-refractivity contribution < 1.29 is 14.2 Å². The number of fused-ring (bicyclic) bond motifs is 1. The van der Waals surface area contributed by atoms with Crippen LogP contribution in [-0.2, 0) is 11.3 Å². The maximum atomic E-state index is 5.58. The zero-order valence-electron chi connectivity index (χ0n) is 16.7. The molecule has 1 aromatic carbocycles. The molecule has 3 rings (SSSR count). The number of ether oxygens (including phenoxy) is 3. The fourth-order valence-corrected chi connectivity index (χ4v) is 3.34. The molecule has 0 saturated carbocycles. The topological polar surface area (TPSA) is 58.6 Å². The normalized spacial score (nSPS) is 17.6. The van der Waals surface area contributed by atoms with Gasteiger partial charge in [0.25, 0.3) is 0 Å². The molecule has 0 radical (unpaired) electrons. The van der Waals surface area contributed by atoms with Crippen LogP contribution < -0.4 is 14.8 Å². The van der Waals surface area contributed by atoms with Crippen LogP contribution in [0.2, 0.25) is 0 Å². The van der Waals surface area contributed by atoms with Crippen molar-refractivity contribution in [1.29, 1.82) is 0 Å². The first kappa shape index (κ1) is 19.8. The van der Waals surface area contributed by atoms with Crippen LogP contribution in [0.25, 0.3) is 0 Å². The van der Waals surface area contributed by atoms with E-state index in [9.17, 15) is 0 Å². The fourth-order valence-electron chi connectivity index (χ4n) is 3.34. The molecular formula is C20H32N4O3. The van der Waals surface area contributed by atoms with E-state index in [4.69, 9.17) is 14.2 Å². The van der Waals surface area contributed by atoms with Crippen molar-refractivity contribution in [3.8, 4) is 11.5 Å². The Hall–Kier alpha value is -1.99. The summed E-state index contributed by atoms with van der Waals surface area (Å²) in [6.45, 7) is 11.1. The van der Waals surface area contributed by atoms with Gasteiger partial charge in [-0.15, -0.1) is 0 Å². The van der Waals surface area contributed by atoms with Gasteiger partial charge in [0.15, 0.2) is 17.5 Å². The van der Waals surface area contributed by atoms with Crippen molar-refractivity contribution in [3.63, 3.8) is 0 Å². The van der Waals surface area contributed by atoms with Crippen LogP contribution in [-0.4, -0.2) is 75.0 Å². The van der Waals surface area contributed by atoms with Gasteiger partial charge in [0.1, 0.15) is 0 Å². The van der Waals surface area contributed by atoms with Crippen LogP contribution in [0.5, 0.6) is 11.5 Å². The lowest BCUT2D eigenvalue weighted by Gasteiger charge is -2.36. The number of guanidine groups is 1. The van der Waals surface area contributed by atoms with Gasteiger partial charge in [-0.3, -0.25) is 9.89 Å². The van der Waals surface area contributed by atoms with Crippen molar-refractivity contribution in [2.45, 2.75) is 32.9 Å². The van der Waals surface area contributed by atoms with Gasteiger partial charge in [0.05, 0.1) is 6.10 Å². The molecule has 7 nitrogen and oxygen atoms in total. The molecule has 7 heteroatoms. The number of nitrogens with zero attached hydrogens (tertiary/aromatic N) is 3. The predicted octanol–water partition coefficient (Wildman–Crippen LogP) is 1.92. The monoisotopic (exact) mass is 376 g/mol. The van der Waals surface area contributed by atoms with Gasteiger partial charge in [-0.25, -0.2) is 0 Å². The molecular weight excluding hydrogens is 344 g/mol. The van der Waals surface area contributed by atoms with Gasteiger partial charge in [0, 0.05) is 52.9 Å². The average molecular weight is 377 g/mol. The molecule has 0 unspecified atom stereocenters. The van der Waals surface area contributed by atoms with E-state index in [1.807, 2.05) is 13.1 Å². The Morgan fingerprint density at radius 2 is 1.96 bits per heavy atom. The van der Waals surface area contributed by atoms with Crippen molar-refractivity contribution in [2.75, 3.05) is 53.2 Å². The molecule has 0 atom stereocenters. The second-order valence-corrected chi connectivity index (χ2v) is 7.20. The number of piperazine rings is 1. The van der Waals surface area contributed by atoms with Crippen LogP contribution in [0, 0.1) is 0 Å². The Bertz CT molecular complexity index is 628. The van der Waals surface area contributed by atoms with Crippen LogP contribution in [0.1, 0.15) is 25.8 Å². The summed E-state index contributed by atoms with van der Waals surface area (Å²) in [6, 6.07) is 6.22. The fraction of sp³-hybridized carbons (Fsp3) is 0.650. The smallest absolute Gasteiger partial charge is 0.231 e. The molecule has 1 aromatic rings.